The average Bonchev–Trinajstić information content (AvgIpc) is 3.50. The molecule has 0 atom stereocenters. The third kappa shape index (κ3) is 4.27. The summed E-state index contributed by atoms with van der Waals surface area (Å²) < 4.78 is 25.4. The lowest BCUT2D eigenvalue weighted by Gasteiger charge is -2.21. The van der Waals surface area contributed by atoms with Crippen molar-refractivity contribution in [1.82, 2.24) is 20.6 Å². The molecule has 2 aromatic carbocycles. The molecule has 5 rings (SSSR count). The van der Waals surface area contributed by atoms with Crippen molar-refractivity contribution < 1.29 is 18.7 Å². The first-order chi connectivity index (χ1) is 16.9. The van der Waals surface area contributed by atoms with Gasteiger partial charge in [-0.3, -0.25) is 4.79 Å². The average molecular weight is 496 g/mol. The molecule has 2 aliphatic carbocycles. The van der Waals surface area contributed by atoms with Gasteiger partial charge < -0.3 is 14.8 Å². The summed E-state index contributed by atoms with van der Waals surface area (Å²) in [6.45, 7) is 0. The van der Waals surface area contributed by atoms with Gasteiger partial charge in [-0.25, -0.2) is 4.39 Å². The van der Waals surface area contributed by atoms with E-state index in [0.29, 0.717) is 58.4 Å². The molecular formula is C25H23ClFN5O3. The van der Waals surface area contributed by atoms with Gasteiger partial charge in [0, 0.05) is 28.3 Å². The lowest BCUT2D eigenvalue weighted by atomic mass is 9.89. The van der Waals surface area contributed by atoms with Gasteiger partial charge in [-0.15, -0.1) is 10.2 Å². The maximum atomic E-state index is 14.6. The van der Waals surface area contributed by atoms with E-state index in [9.17, 15) is 9.18 Å². The van der Waals surface area contributed by atoms with Crippen LogP contribution in [0.3, 0.4) is 0 Å². The zero-order valence-corrected chi connectivity index (χ0v) is 19.9. The Hall–Kier alpha value is -3.72. The number of benzene rings is 2. The minimum absolute atomic E-state index is 0.224. The Morgan fingerprint density at radius 3 is 2.57 bits per heavy atom. The fraction of sp³-hybridized carbons (Fsp3) is 0.280. The Kier molecular flexibility index (Phi) is 6.02. The molecule has 0 bridgehead atoms. The lowest BCUT2D eigenvalue weighted by molar-refractivity contribution is -0.119. The second kappa shape index (κ2) is 9.14. The maximum absolute atomic E-state index is 14.6. The Bertz CT molecular complexity index is 1350. The van der Waals surface area contributed by atoms with Gasteiger partial charge in [0.1, 0.15) is 5.83 Å². The van der Waals surface area contributed by atoms with Gasteiger partial charge in [-0.05, 0) is 65.9 Å². The standard InChI is InChI=1S/C25H23ClFN5O3/c1-34-21-8-3-14(11-22(21)35-2)17-6-5-16(13-18(17)23-29-31-32-30-23)28-24(33)25(9-10-25)19-12-15(26)4-7-20(19)27/h3,5-6,8,11-13H,4,7,9-10H2,1-2H3,(H,28,33)(H,29,30,31,32). The maximum Gasteiger partial charge on any atom is 0.235 e. The molecule has 1 saturated carbocycles. The molecule has 35 heavy (non-hydrogen) atoms. The van der Waals surface area contributed by atoms with E-state index in [1.54, 1.807) is 32.4 Å². The van der Waals surface area contributed by atoms with Crippen LogP contribution in [0.5, 0.6) is 11.5 Å². The quantitative estimate of drug-likeness (QED) is 0.454. The lowest BCUT2D eigenvalue weighted by Crippen LogP contribution is -2.26. The normalized spacial score (nSPS) is 16.5. The molecule has 8 nitrogen and oxygen atoms in total. The van der Waals surface area contributed by atoms with Crippen LogP contribution in [-0.4, -0.2) is 40.8 Å². The third-order valence-corrected chi connectivity index (χ3v) is 6.73. The van der Waals surface area contributed by atoms with Crippen molar-refractivity contribution >= 4 is 23.2 Å². The molecule has 0 saturated heterocycles. The molecule has 1 fully saturated rings. The van der Waals surface area contributed by atoms with E-state index < -0.39 is 5.41 Å². The number of halogens is 2. The van der Waals surface area contributed by atoms with Gasteiger partial charge in [0.2, 0.25) is 11.7 Å². The van der Waals surface area contributed by atoms with Gasteiger partial charge >= 0.3 is 0 Å². The topological polar surface area (TPSA) is 102 Å². The number of hydrogen-bond acceptors (Lipinski definition) is 6. The van der Waals surface area contributed by atoms with Crippen LogP contribution >= 0.6 is 11.6 Å². The van der Waals surface area contributed by atoms with Crippen LogP contribution in [-0.2, 0) is 4.79 Å². The van der Waals surface area contributed by atoms with Crippen LogP contribution in [0.2, 0.25) is 0 Å². The number of nitrogens with zero attached hydrogens (tertiary/aromatic N) is 3. The number of tetrazole rings is 1. The number of nitrogens with one attached hydrogen (secondary N) is 2. The molecule has 0 radical (unpaired) electrons. The van der Waals surface area contributed by atoms with Gasteiger partial charge in [-0.2, -0.15) is 5.21 Å². The SMILES string of the molecule is COc1ccc(-c2ccc(NC(=O)C3(C4=C(F)CCC(Cl)=C4)CC3)cc2-c2nn[nH]n2)cc1OC. The van der Waals surface area contributed by atoms with E-state index in [-0.39, 0.29) is 18.2 Å². The molecule has 0 unspecified atom stereocenters. The van der Waals surface area contributed by atoms with E-state index >= 15 is 0 Å². The fourth-order valence-corrected chi connectivity index (χ4v) is 4.61. The van der Waals surface area contributed by atoms with E-state index in [1.807, 2.05) is 24.3 Å². The van der Waals surface area contributed by atoms with E-state index in [2.05, 4.69) is 25.9 Å². The highest BCUT2D eigenvalue weighted by molar-refractivity contribution is 6.30. The Balaban J connectivity index is 1.49. The number of anilines is 1. The van der Waals surface area contributed by atoms with Crippen LogP contribution < -0.4 is 14.8 Å². The van der Waals surface area contributed by atoms with Crippen LogP contribution in [0.4, 0.5) is 10.1 Å². The Morgan fingerprint density at radius 1 is 1.09 bits per heavy atom. The number of H-pyrrole nitrogens is 1. The molecule has 1 aromatic heterocycles. The number of carbonyl (C=O) groups is 1. The smallest absolute Gasteiger partial charge is 0.235 e. The molecular weight excluding hydrogens is 473 g/mol. The third-order valence-electron chi connectivity index (χ3n) is 6.43. The van der Waals surface area contributed by atoms with Gasteiger partial charge in [-0.1, -0.05) is 23.7 Å². The van der Waals surface area contributed by atoms with Crippen LogP contribution in [0.1, 0.15) is 25.7 Å². The summed E-state index contributed by atoms with van der Waals surface area (Å²) in [5, 5.41) is 17.9. The molecule has 0 aliphatic heterocycles. The number of allylic oxidation sites excluding steroid dienone is 3. The summed E-state index contributed by atoms with van der Waals surface area (Å²) in [4.78, 5) is 13.3. The predicted octanol–water partition coefficient (Wildman–Crippen LogP) is 5.41. The summed E-state index contributed by atoms with van der Waals surface area (Å²) in [6, 6.07) is 11.0. The van der Waals surface area contributed by atoms with Gasteiger partial charge in [0.05, 0.1) is 19.6 Å². The number of carbonyl (C=O) groups excluding carboxylic acids is 1. The van der Waals surface area contributed by atoms with Crippen molar-refractivity contribution in [1.29, 1.82) is 0 Å². The number of aromatic amines is 1. The van der Waals surface area contributed by atoms with Crippen molar-refractivity contribution in [3.63, 3.8) is 0 Å². The largest absolute Gasteiger partial charge is 0.493 e. The number of amides is 1. The molecule has 180 valence electrons. The summed E-state index contributed by atoms with van der Waals surface area (Å²) in [5.41, 5.74) is 2.35. The molecule has 1 amide bonds. The number of rotatable bonds is 7. The monoisotopic (exact) mass is 495 g/mol. The molecule has 1 heterocycles. The first kappa shape index (κ1) is 23.0. The van der Waals surface area contributed by atoms with E-state index in [0.717, 1.165) is 11.1 Å². The number of aromatic nitrogens is 4. The van der Waals surface area contributed by atoms with Crippen LogP contribution in [0, 0.1) is 5.41 Å². The van der Waals surface area contributed by atoms with Gasteiger partial charge in [0.15, 0.2) is 11.5 Å². The van der Waals surface area contributed by atoms with Crippen molar-refractivity contribution in [2.45, 2.75) is 25.7 Å². The summed E-state index contributed by atoms with van der Waals surface area (Å²) in [7, 11) is 3.15. The highest BCUT2D eigenvalue weighted by atomic mass is 35.5. The first-order valence-electron chi connectivity index (χ1n) is 11.1. The van der Waals surface area contributed by atoms with Gasteiger partial charge in [0.25, 0.3) is 0 Å². The second-order valence-corrected chi connectivity index (χ2v) is 9.00. The summed E-state index contributed by atoms with van der Waals surface area (Å²) in [6.07, 6.45) is 3.44. The van der Waals surface area contributed by atoms with Crippen LogP contribution in [0.15, 0.2) is 58.9 Å². The van der Waals surface area contributed by atoms with Crippen LogP contribution in [0.25, 0.3) is 22.5 Å². The summed E-state index contributed by atoms with van der Waals surface area (Å²) >= 11 is 6.16. The second-order valence-electron chi connectivity index (χ2n) is 8.51. The van der Waals surface area contributed by atoms with Crippen molar-refractivity contribution in [2.75, 3.05) is 19.5 Å². The number of methoxy groups -OCH3 is 2. The molecule has 2 N–H and O–H groups in total. The van der Waals surface area contributed by atoms with E-state index in [1.165, 1.54) is 0 Å². The molecule has 3 aromatic rings. The zero-order chi connectivity index (χ0) is 24.6. The minimum Gasteiger partial charge on any atom is -0.493 e. The molecule has 10 heteroatoms. The molecule has 0 spiro atoms. The highest BCUT2D eigenvalue weighted by Crippen LogP contribution is 2.56. The van der Waals surface area contributed by atoms with Crippen molar-refractivity contribution in [3.05, 3.63) is 58.9 Å². The predicted molar refractivity (Wildman–Crippen MR) is 130 cm³/mol. The Morgan fingerprint density at radius 2 is 1.89 bits per heavy atom. The van der Waals surface area contributed by atoms with Crippen molar-refractivity contribution in [3.8, 4) is 34.0 Å². The highest BCUT2D eigenvalue weighted by Gasteiger charge is 2.54. The van der Waals surface area contributed by atoms with E-state index in [4.69, 9.17) is 21.1 Å². The molecule has 2 aliphatic rings. The number of hydrogen-bond donors (Lipinski definition) is 2. The van der Waals surface area contributed by atoms with Crippen molar-refractivity contribution in [2.24, 2.45) is 5.41 Å². The summed E-state index contributed by atoms with van der Waals surface area (Å²) in [5.74, 6) is 1.02. The fourth-order valence-electron chi connectivity index (χ4n) is 4.40. The first-order valence-corrected chi connectivity index (χ1v) is 11.5. The number of ether oxygens (including phenoxy) is 2. The Labute approximate surface area is 206 Å². The minimum atomic E-state index is -0.890. The zero-order valence-electron chi connectivity index (χ0n) is 19.2.